The van der Waals surface area contributed by atoms with Crippen LogP contribution in [0.25, 0.3) is 0 Å². The zero-order valence-corrected chi connectivity index (χ0v) is 9.28. The molecule has 1 aliphatic heterocycles. The second-order valence-electron chi connectivity index (χ2n) is 4.73. The summed E-state index contributed by atoms with van der Waals surface area (Å²) in [4.78, 5) is 0. The molecule has 0 aromatic heterocycles. The topological polar surface area (TPSA) is 55.5 Å². The zero-order chi connectivity index (χ0) is 11.1. The van der Waals surface area contributed by atoms with E-state index in [0.717, 1.165) is 24.2 Å². The Kier molecular flexibility index (Phi) is 2.37. The third kappa shape index (κ3) is 1.43. The highest BCUT2D eigenvalue weighted by atomic mass is 16.5. The summed E-state index contributed by atoms with van der Waals surface area (Å²) in [5.74, 6) is 0.954. The summed E-state index contributed by atoms with van der Waals surface area (Å²) in [5, 5.41) is 9.68. The fourth-order valence-corrected chi connectivity index (χ4v) is 2.72. The van der Waals surface area contributed by atoms with Crippen LogP contribution in [0.2, 0.25) is 0 Å². The lowest BCUT2D eigenvalue weighted by Gasteiger charge is -2.31. The Morgan fingerprint density at radius 3 is 2.94 bits per heavy atom. The summed E-state index contributed by atoms with van der Waals surface area (Å²) in [5.41, 5.74) is 9.69. The molecular weight excluding hydrogens is 202 g/mol. The molecule has 3 rings (SSSR count). The van der Waals surface area contributed by atoms with Gasteiger partial charge in [-0.1, -0.05) is 12.1 Å². The van der Waals surface area contributed by atoms with E-state index in [1.54, 1.807) is 0 Å². The summed E-state index contributed by atoms with van der Waals surface area (Å²) < 4.78 is 5.67. The lowest BCUT2D eigenvalue weighted by atomic mass is 9.86. The fourth-order valence-electron chi connectivity index (χ4n) is 2.72. The molecule has 3 nitrogen and oxygen atoms in total. The molecule has 0 saturated carbocycles. The number of nitrogens with two attached hydrogens (primary N) is 1. The lowest BCUT2D eigenvalue weighted by molar-refractivity contribution is 0.0670. The third-order valence-corrected chi connectivity index (χ3v) is 3.68. The SMILES string of the molecule is NC1c2ccc3c(c2OCC1O)CCCC3. The first kappa shape index (κ1) is 10.1. The minimum atomic E-state index is -0.575. The minimum absolute atomic E-state index is 0.295. The summed E-state index contributed by atoms with van der Waals surface area (Å²) in [6.45, 7) is 0.324. The third-order valence-electron chi connectivity index (χ3n) is 3.68. The van der Waals surface area contributed by atoms with Crippen LogP contribution in [0.3, 0.4) is 0 Å². The molecule has 2 atom stereocenters. The van der Waals surface area contributed by atoms with Crippen LogP contribution in [0, 0.1) is 0 Å². The van der Waals surface area contributed by atoms with Gasteiger partial charge >= 0.3 is 0 Å². The number of aliphatic hydroxyl groups excluding tert-OH is 1. The molecule has 0 fully saturated rings. The molecule has 86 valence electrons. The molecule has 2 aliphatic rings. The molecule has 1 heterocycles. The van der Waals surface area contributed by atoms with Gasteiger partial charge in [0.2, 0.25) is 0 Å². The van der Waals surface area contributed by atoms with Crippen molar-refractivity contribution in [1.82, 2.24) is 0 Å². The van der Waals surface area contributed by atoms with E-state index in [1.165, 1.54) is 24.0 Å². The van der Waals surface area contributed by atoms with Crippen molar-refractivity contribution in [3.8, 4) is 5.75 Å². The first-order valence-corrected chi connectivity index (χ1v) is 5.98. The maximum atomic E-state index is 9.68. The Hall–Kier alpha value is -1.06. The smallest absolute Gasteiger partial charge is 0.127 e. The maximum absolute atomic E-state index is 9.68. The summed E-state index contributed by atoms with van der Waals surface area (Å²) in [6, 6.07) is 3.87. The molecule has 3 heteroatoms. The predicted molar refractivity (Wildman–Crippen MR) is 61.5 cm³/mol. The average Bonchev–Trinajstić information content (AvgIpc) is 2.33. The molecule has 0 radical (unpaired) electrons. The number of rotatable bonds is 0. The first-order valence-electron chi connectivity index (χ1n) is 5.98. The van der Waals surface area contributed by atoms with Crippen LogP contribution in [0.1, 0.15) is 35.6 Å². The van der Waals surface area contributed by atoms with Crippen LogP contribution in [-0.2, 0) is 12.8 Å². The van der Waals surface area contributed by atoms with Crippen molar-refractivity contribution in [2.75, 3.05) is 6.61 Å². The van der Waals surface area contributed by atoms with Gasteiger partial charge in [-0.3, -0.25) is 0 Å². The highest BCUT2D eigenvalue weighted by molar-refractivity contribution is 5.50. The number of hydrogen-bond acceptors (Lipinski definition) is 3. The molecule has 1 aromatic rings. The number of aliphatic hydroxyl groups is 1. The van der Waals surface area contributed by atoms with Gasteiger partial charge in [-0.05, 0) is 36.8 Å². The molecule has 0 amide bonds. The van der Waals surface area contributed by atoms with Crippen LogP contribution >= 0.6 is 0 Å². The first-order chi connectivity index (χ1) is 7.77. The van der Waals surface area contributed by atoms with Crippen LogP contribution < -0.4 is 10.5 Å². The number of aryl methyl sites for hydroxylation is 1. The Bertz CT molecular complexity index is 417. The van der Waals surface area contributed by atoms with Gasteiger partial charge in [0, 0.05) is 5.56 Å². The van der Waals surface area contributed by atoms with Crippen LogP contribution in [0.4, 0.5) is 0 Å². The van der Waals surface area contributed by atoms with E-state index < -0.39 is 6.10 Å². The Balaban J connectivity index is 2.10. The van der Waals surface area contributed by atoms with E-state index in [0.29, 0.717) is 6.61 Å². The maximum Gasteiger partial charge on any atom is 0.127 e. The molecule has 1 aromatic carbocycles. The normalized spacial score (nSPS) is 27.9. The van der Waals surface area contributed by atoms with Crippen molar-refractivity contribution in [3.05, 3.63) is 28.8 Å². The second kappa shape index (κ2) is 3.75. The number of fused-ring (bicyclic) bond motifs is 3. The van der Waals surface area contributed by atoms with Crippen molar-refractivity contribution in [1.29, 1.82) is 0 Å². The van der Waals surface area contributed by atoms with Gasteiger partial charge in [-0.2, -0.15) is 0 Å². The van der Waals surface area contributed by atoms with Crippen molar-refractivity contribution >= 4 is 0 Å². The molecule has 2 unspecified atom stereocenters. The van der Waals surface area contributed by atoms with Gasteiger partial charge in [-0.15, -0.1) is 0 Å². The van der Waals surface area contributed by atoms with Crippen LogP contribution in [0.15, 0.2) is 12.1 Å². The zero-order valence-electron chi connectivity index (χ0n) is 9.28. The van der Waals surface area contributed by atoms with Crippen LogP contribution in [0.5, 0.6) is 5.75 Å². The Morgan fingerprint density at radius 1 is 1.25 bits per heavy atom. The van der Waals surface area contributed by atoms with Gasteiger partial charge in [-0.25, -0.2) is 0 Å². The molecular formula is C13H17NO2. The van der Waals surface area contributed by atoms with E-state index in [-0.39, 0.29) is 6.04 Å². The van der Waals surface area contributed by atoms with Crippen molar-refractivity contribution in [2.24, 2.45) is 5.73 Å². The molecule has 0 spiro atoms. The van der Waals surface area contributed by atoms with Gasteiger partial charge < -0.3 is 15.6 Å². The lowest BCUT2D eigenvalue weighted by Crippen LogP contribution is -2.36. The highest BCUT2D eigenvalue weighted by Crippen LogP contribution is 2.38. The standard InChI is InChI=1S/C13H17NO2/c14-12-10-6-5-8-3-1-2-4-9(8)13(10)16-7-11(12)15/h5-6,11-12,15H,1-4,7,14H2. The van der Waals surface area contributed by atoms with E-state index in [2.05, 4.69) is 6.07 Å². The largest absolute Gasteiger partial charge is 0.490 e. The predicted octanol–water partition coefficient (Wildman–Crippen LogP) is 1.32. The van der Waals surface area contributed by atoms with Crippen molar-refractivity contribution in [3.63, 3.8) is 0 Å². The number of hydrogen-bond donors (Lipinski definition) is 2. The fraction of sp³-hybridized carbons (Fsp3) is 0.538. The van der Waals surface area contributed by atoms with Gasteiger partial charge in [0.15, 0.2) is 0 Å². The van der Waals surface area contributed by atoms with Crippen molar-refractivity contribution in [2.45, 2.75) is 37.8 Å². The van der Waals surface area contributed by atoms with Gasteiger partial charge in [0.05, 0.1) is 6.04 Å². The minimum Gasteiger partial charge on any atom is -0.490 e. The Morgan fingerprint density at radius 2 is 2.06 bits per heavy atom. The molecule has 3 N–H and O–H groups in total. The Labute approximate surface area is 95.2 Å². The highest BCUT2D eigenvalue weighted by Gasteiger charge is 2.29. The van der Waals surface area contributed by atoms with E-state index in [4.69, 9.17) is 10.5 Å². The second-order valence-corrected chi connectivity index (χ2v) is 4.73. The number of benzene rings is 1. The average molecular weight is 219 g/mol. The summed E-state index contributed by atoms with van der Waals surface area (Å²) >= 11 is 0. The van der Waals surface area contributed by atoms with E-state index in [1.807, 2.05) is 6.07 Å². The van der Waals surface area contributed by atoms with Crippen molar-refractivity contribution < 1.29 is 9.84 Å². The molecule has 16 heavy (non-hydrogen) atoms. The van der Waals surface area contributed by atoms with E-state index >= 15 is 0 Å². The van der Waals surface area contributed by atoms with Crippen LogP contribution in [-0.4, -0.2) is 17.8 Å². The summed E-state index contributed by atoms with van der Waals surface area (Å²) in [7, 11) is 0. The summed E-state index contributed by atoms with van der Waals surface area (Å²) in [6.07, 6.45) is 4.14. The van der Waals surface area contributed by atoms with Gasteiger partial charge in [0.1, 0.15) is 18.5 Å². The molecule has 0 saturated heterocycles. The van der Waals surface area contributed by atoms with E-state index in [9.17, 15) is 5.11 Å². The molecule has 0 bridgehead atoms. The van der Waals surface area contributed by atoms with Gasteiger partial charge in [0.25, 0.3) is 0 Å². The monoisotopic (exact) mass is 219 g/mol. The number of ether oxygens (including phenoxy) is 1. The quantitative estimate of drug-likeness (QED) is 0.692. The molecule has 1 aliphatic carbocycles.